The van der Waals surface area contributed by atoms with E-state index < -0.39 is 5.97 Å². The second-order valence-corrected chi connectivity index (χ2v) is 3.46. The Morgan fingerprint density at radius 2 is 2.20 bits per heavy atom. The van der Waals surface area contributed by atoms with Crippen molar-refractivity contribution in [3.05, 3.63) is 11.7 Å². The maximum absolute atomic E-state index is 10.3. The fourth-order valence-electron chi connectivity index (χ4n) is 1.24. The van der Waals surface area contributed by atoms with Gasteiger partial charge in [-0.25, -0.2) is 0 Å². The van der Waals surface area contributed by atoms with Gasteiger partial charge < -0.3 is 9.63 Å². The first kappa shape index (κ1) is 11.7. The molecule has 0 fully saturated rings. The zero-order valence-electron chi connectivity index (χ0n) is 8.90. The molecule has 5 nitrogen and oxygen atoms in total. The van der Waals surface area contributed by atoms with Crippen molar-refractivity contribution in [2.24, 2.45) is 0 Å². The second kappa shape index (κ2) is 6.16. The molecule has 5 heteroatoms. The van der Waals surface area contributed by atoms with Crippen LogP contribution in [0.15, 0.2) is 4.52 Å². The molecular formula is C10H16N2O3. The molecule has 1 rings (SSSR count). The van der Waals surface area contributed by atoms with Crippen LogP contribution in [0, 0.1) is 0 Å². The lowest BCUT2D eigenvalue weighted by Gasteiger charge is -1.91. The van der Waals surface area contributed by atoms with Crippen LogP contribution in [0.25, 0.3) is 0 Å². The van der Waals surface area contributed by atoms with Gasteiger partial charge in [0.2, 0.25) is 5.89 Å². The topological polar surface area (TPSA) is 76.2 Å². The fraction of sp³-hybridized carbons (Fsp3) is 0.700. The van der Waals surface area contributed by atoms with E-state index in [-0.39, 0.29) is 6.42 Å². The molecule has 0 spiro atoms. The van der Waals surface area contributed by atoms with Crippen LogP contribution in [-0.4, -0.2) is 21.2 Å². The van der Waals surface area contributed by atoms with E-state index in [1.54, 1.807) is 0 Å². The van der Waals surface area contributed by atoms with Gasteiger partial charge in [0, 0.05) is 12.8 Å². The normalized spacial score (nSPS) is 10.5. The van der Waals surface area contributed by atoms with Crippen molar-refractivity contribution in [3.8, 4) is 0 Å². The van der Waals surface area contributed by atoms with Gasteiger partial charge in [-0.2, -0.15) is 4.98 Å². The van der Waals surface area contributed by atoms with Gasteiger partial charge in [0.05, 0.1) is 6.42 Å². The minimum atomic E-state index is -0.847. The number of carboxylic acid groups (broad SMARTS) is 1. The Balaban J connectivity index is 2.32. The number of nitrogens with zero attached hydrogens (tertiary/aromatic N) is 2. The van der Waals surface area contributed by atoms with Crippen molar-refractivity contribution in [2.75, 3.05) is 0 Å². The number of carbonyl (C=O) groups is 1. The third kappa shape index (κ3) is 4.58. The van der Waals surface area contributed by atoms with Gasteiger partial charge >= 0.3 is 5.97 Å². The van der Waals surface area contributed by atoms with E-state index in [9.17, 15) is 4.79 Å². The molecule has 1 aromatic rings. The minimum Gasteiger partial charge on any atom is -0.481 e. The minimum absolute atomic E-state index is 0.0383. The summed E-state index contributed by atoms with van der Waals surface area (Å²) in [6, 6.07) is 0. The van der Waals surface area contributed by atoms with Crippen molar-refractivity contribution in [1.82, 2.24) is 10.1 Å². The highest BCUT2D eigenvalue weighted by Gasteiger charge is 2.07. The van der Waals surface area contributed by atoms with Crippen LogP contribution in [0.3, 0.4) is 0 Å². The second-order valence-electron chi connectivity index (χ2n) is 3.46. The van der Waals surface area contributed by atoms with E-state index in [0.717, 1.165) is 25.7 Å². The summed E-state index contributed by atoms with van der Waals surface area (Å²) in [7, 11) is 0. The quantitative estimate of drug-likeness (QED) is 0.697. The number of aromatic nitrogens is 2. The molecule has 15 heavy (non-hydrogen) atoms. The van der Waals surface area contributed by atoms with Crippen LogP contribution in [0.2, 0.25) is 0 Å². The lowest BCUT2D eigenvalue weighted by atomic mass is 10.2. The third-order valence-corrected chi connectivity index (χ3v) is 2.07. The molecule has 0 amide bonds. The van der Waals surface area contributed by atoms with E-state index in [1.165, 1.54) is 0 Å². The zero-order valence-corrected chi connectivity index (χ0v) is 8.90. The standard InChI is InChI=1S/C10H16N2O3/c1-2-3-4-5-8-11-9(15-12-8)6-7-10(13)14/h2-7H2,1H3,(H,13,14). The number of hydrogen-bond donors (Lipinski definition) is 1. The molecule has 0 aliphatic rings. The average Bonchev–Trinajstić information content (AvgIpc) is 2.63. The first-order valence-corrected chi connectivity index (χ1v) is 5.25. The number of aliphatic carboxylic acids is 1. The van der Waals surface area contributed by atoms with Gasteiger partial charge in [0.15, 0.2) is 5.82 Å². The van der Waals surface area contributed by atoms with E-state index in [1.807, 2.05) is 0 Å². The largest absolute Gasteiger partial charge is 0.481 e. The van der Waals surface area contributed by atoms with Crippen LogP contribution in [0.1, 0.15) is 44.3 Å². The Kier molecular flexibility index (Phi) is 4.80. The molecule has 84 valence electrons. The van der Waals surface area contributed by atoms with Crippen LogP contribution in [0.5, 0.6) is 0 Å². The van der Waals surface area contributed by atoms with Crippen LogP contribution >= 0.6 is 0 Å². The van der Waals surface area contributed by atoms with Crippen LogP contribution < -0.4 is 0 Å². The summed E-state index contributed by atoms with van der Waals surface area (Å²) < 4.78 is 4.92. The average molecular weight is 212 g/mol. The monoisotopic (exact) mass is 212 g/mol. The van der Waals surface area contributed by atoms with Crippen molar-refractivity contribution >= 4 is 5.97 Å². The number of hydrogen-bond acceptors (Lipinski definition) is 4. The first-order valence-electron chi connectivity index (χ1n) is 5.25. The van der Waals surface area contributed by atoms with Crippen molar-refractivity contribution < 1.29 is 14.4 Å². The van der Waals surface area contributed by atoms with E-state index in [2.05, 4.69) is 17.1 Å². The number of aryl methyl sites for hydroxylation is 2. The Morgan fingerprint density at radius 3 is 2.87 bits per heavy atom. The number of carboxylic acids is 1. The van der Waals surface area contributed by atoms with Crippen molar-refractivity contribution in [1.29, 1.82) is 0 Å². The molecule has 1 aromatic heterocycles. The highest BCUT2D eigenvalue weighted by molar-refractivity contribution is 5.66. The van der Waals surface area contributed by atoms with Gasteiger partial charge in [0.1, 0.15) is 0 Å². The fourth-order valence-corrected chi connectivity index (χ4v) is 1.24. The maximum atomic E-state index is 10.3. The molecule has 0 atom stereocenters. The number of unbranched alkanes of at least 4 members (excludes halogenated alkanes) is 2. The third-order valence-electron chi connectivity index (χ3n) is 2.07. The molecule has 0 aliphatic heterocycles. The highest BCUT2D eigenvalue weighted by Crippen LogP contribution is 2.05. The maximum Gasteiger partial charge on any atom is 0.303 e. The lowest BCUT2D eigenvalue weighted by molar-refractivity contribution is -0.137. The summed E-state index contributed by atoms with van der Waals surface area (Å²) >= 11 is 0. The predicted molar refractivity (Wildman–Crippen MR) is 53.5 cm³/mol. The van der Waals surface area contributed by atoms with Gasteiger partial charge in [-0.15, -0.1) is 0 Å². The molecule has 0 bridgehead atoms. The van der Waals surface area contributed by atoms with Crippen molar-refractivity contribution in [3.63, 3.8) is 0 Å². The Bertz CT molecular complexity index is 309. The van der Waals surface area contributed by atoms with Crippen molar-refractivity contribution in [2.45, 2.75) is 45.4 Å². The highest BCUT2D eigenvalue weighted by atomic mass is 16.5. The Labute approximate surface area is 88.5 Å². The summed E-state index contributed by atoms with van der Waals surface area (Å²) in [5.41, 5.74) is 0. The SMILES string of the molecule is CCCCCc1noc(CCC(=O)O)n1. The Morgan fingerprint density at radius 1 is 1.40 bits per heavy atom. The van der Waals surface area contributed by atoms with E-state index >= 15 is 0 Å². The summed E-state index contributed by atoms with van der Waals surface area (Å²) in [5.74, 6) is 0.258. The molecule has 0 radical (unpaired) electrons. The smallest absolute Gasteiger partial charge is 0.303 e. The summed E-state index contributed by atoms with van der Waals surface area (Å²) in [6.07, 6.45) is 4.52. The van der Waals surface area contributed by atoms with Gasteiger partial charge in [-0.05, 0) is 6.42 Å². The molecule has 0 saturated heterocycles. The number of rotatable bonds is 7. The van der Waals surface area contributed by atoms with Gasteiger partial charge in [-0.3, -0.25) is 4.79 Å². The zero-order chi connectivity index (χ0) is 11.1. The summed E-state index contributed by atoms with van der Waals surface area (Å²) in [6.45, 7) is 2.13. The Hall–Kier alpha value is -1.39. The first-order chi connectivity index (χ1) is 7.22. The molecule has 0 aliphatic carbocycles. The molecule has 1 heterocycles. The van der Waals surface area contributed by atoms with E-state index in [4.69, 9.17) is 9.63 Å². The van der Waals surface area contributed by atoms with Crippen LogP contribution in [-0.2, 0) is 17.6 Å². The summed E-state index contributed by atoms with van der Waals surface area (Å²) in [4.78, 5) is 14.4. The van der Waals surface area contributed by atoms with Gasteiger partial charge in [-0.1, -0.05) is 24.9 Å². The van der Waals surface area contributed by atoms with Gasteiger partial charge in [0.25, 0.3) is 0 Å². The lowest BCUT2D eigenvalue weighted by Crippen LogP contribution is -1.97. The molecule has 0 unspecified atom stereocenters. The molecule has 0 aromatic carbocycles. The molecular weight excluding hydrogens is 196 g/mol. The molecule has 1 N–H and O–H groups in total. The molecule has 0 saturated carbocycles. The predicted octanol–water partition coefficient (Wildman–Crippen LogP) is 1.82. The summed E-state index contributed by atoms with van der Waals surface area (Å²) in [5, 5.41) is 12.3. The van der Waals surface area contributed by atoms with E-state index in [0.29, 0.717) is 18.1 Å². The van der Waals surface area contributed by atoms with Crippen LogP contribution in [0.4, 0.5) is 0 Å².